The van der Waals surface area contributed by atoms with Gasteiger partial charge in [-0.3, -0.25) is 9.78 Å². The van der Waals surface area contributed by atoms with Gasteiger partial charge in [0.05, 0.1) is 24.0 Å². The van der Waals surface area contributed by atoms with Gasteiger partial charge in [0.15, 0.2) is 0 Å². The van der Waals surface area contributed by atoms with E-state index in [1.54, 1.807) is 11.1 Å². The molecule has 1 aromatic heterocycles. The average Bonchev–Trinajstić information content (AvgIpc) is 2.67. The van der Waals surface area contributed by atoms with E-state index >= 15 is 0 Å². The first kappa shape index (κ1) is 19.8. The fraction of sp³-hybridized carbons (Fsp3) is 0.429. The fourth-order valence-electron chi connectivity index (χ4n) is 2.90. The van der Waals surface area contributed by atoms with Crippen LogP contribution in [0.4, 0.5) is 4.79 Å². The monoisotopic (exact) mass is 383 g/mol. The summed E-state index contributed by atoms with van der Waals surface area (Å²) in [6.07, 6.45) is 2.91. The number of Topliss-reactive ketones (excluding diaryl/α,β-unsaturated/α-hetero) is 1. The van der Waals surface area contributed by atoms with Crippen LogP contribution >= 0.6 is 0 Å². The molecule has 1 aliphatic rings. The Bertz CT molecular complexity index is 816. The van der Waals surface area contributed by atoms with E-state index in [-0.39, 0.29) is 18.7 Å². The second-order valence-corrected chi connectivity index (χ2v) is 7.75. The van der Waals surface area contributed by atoms with Crippen molar-refractivity contribution in [2.24, 2.45) is 0 Å². The summed E-state index contributed by atoms with van der Waals surface area (Å²) < 4.78 is 11.0. The molecule has 0 bridgehead atoms. The lowest BCUT2D eigenvalue weighted by molar-refractivity contribution is -0.123. The maximum absolute atomic E-state index is 12.4. The van der Waals surface area contributed by atoms with Crippen molar-refractivity contribution >= 4 is 11.9 Å². The third-order valence-electron chi connectivity index (χ3n) is 4.31. The molecule has 1 aliphatic heterocycles. The number of likely N-dealkylation sites (tertiary alicyclic amines) is 1. The largest absolute Gasteiger partial charge is 0.472 e. The lowest BCUT2D eigenvalue weighted by atomic mass is 9.94. The first-order chi connectivity index (χ1) is 13.3. The third kappa shape index (κ3) is 5.28. The minimum Gasteiger partial charge on any atom is -0.472 e. The van der Waals surface area contributed by atoms with Crippen molar-refractivity contribution in [1.29, 1.82) is 0 Å². The molecule has 7 nitrogen and oxygen atoms in total. The zero-order chi connectivity index (χ0) is 20.1. The number of ketones is 1. The Morgan fingerprint density at radius 1 is 1.18 bits per heavy atom. The molecule has 148 valence electrons. The SMILES string of the molecule is CC(C)(C)OC(=O)N1CCC(=O)C(c2cnc(OCc3ccccc3)cn2)C1. The van der Waals surface area contributed by atoms with Gasteiger partial charge >= 0.3 is 6.09 Å². The molecule has 0 saturated carbocycles. The predicted octanol–water partition coefficient (Wildman–Crippen LogP) is 3.35. The van der Waals surface area contributed by atoms with Crippen molar-refractivity contribution in [3.05, 3.63) is 54.0 Å². The molecular weight excluding hydrogens is 358 g/mol. The highest BCUT2D eigenvalue weighted by atomic mass is 16.6. The van der Waals surface area contributed by atoms with E-state index in [0.29, 0.717) is 24.7 Å². The van der Waals surface area contributed by atoms with Crippen molar-refractivity contribution in [1.82, 2.24) is 14.9 Å². The summed E-state index contributed by atoms with van der Waals surface area (Å²) in [6, 6.07) is 9.76. The molecule has 2 heterocycles. The second-order valence-electron chi connectivity index (χ2n) is 7.75. The molecule has 0 spiro atoms. The molecule has 1 unspecified atom stereocenters. The molecule has 1 aromatic carbocycles. The van der Waals surface area contributed by atoms with E-state index in [4.69, 9.17) is 9.47 Å². The summed E-state index contributed by atoms with van der Waals surface area (Å²) >= 11 is 0. The molecule has 1 saturated heterocycles. The van der Waals surface area contributed by atoms with E-state index in [0.717, 1.165) is 5.56 Å². The molecule has 1 fully saturated rings. The lowest BCUT2D eigenvalue weighted by Gasteiger charge is -2.33. The number of piperidine rings is 1. The highest BCUT2D eigenvalue weighted by Gasteiger charge is 2.34. The predicted molar refractivity (Wildman–Crippen MR) is 103 cm³/mol. The van der Waals surface area contributed by atoms with Crippen molar-refractivity contribution in [3.63, 3.8) is 0 Å². The second kappa shape index (κ2) is 8.37. The molecule has 1 atom stereocenters. The van der Waals surface area contributed by atoms with Crippen LogP contribution in [-0.4, -0.2) is 45.4 Å². The number of benzene rings is 1. The third-order valence-corrected chi connectivity index (χ3v) is 4.31. The molecule has 1 amide bonds. The van der Waals surface area contributed by atoms with E-state index < -0.39 is 17.6 Å². The van der Waals surface area contributed by atoms with Gasteiger partial charge < -0.3 is 14.4 Å². The number of carbonyl (C=O) groups excluding carboxylic acids is 2. The number of rotatable bonds is 4. The summed E-state index contributed by atoms with van der Waals surface area (Å²) in [7, 11) is 0. The number of hydrogen-bond donors (Lipinski definition) is 0. The zero-order valence-electron chi connectivity index (χ0n) is 16.4. The van der Waals surface area contributed by atoms with Crippen molar-refractivity contribution < 1.29 is 19.1 Å². The topological polar surface area (TPSA) is 81.6 Å². The van der Waals surface area contributed by atoms with Gasteiger partial charge in [-0.1, -0.05) is 30.3 Å². The van der Waals surface area contributed by atoms with Crippen LogP contribution in [0.2, 0.25) is 0 Å². The summed E-state index contributed by atoms with van der Waals surface area (Å²) in [5.41, 5.74) is 0.986. The molecule has 0 radical (unpaired) electrons. The van der Waals surface area contributed by atoms with Crippen LogP contribution in [0.1, 0.15) is 44.4 Å². The Kier molecular flexibility index (Phi) is 5.92. The van der Waals surface area contributed by atoms with Gasteiger partial charge in [-0.05, 0) is 26.3 Å². The zero-order valence-corrected chi connectivity index (χ0v) is 16.4. The molecular formula is C21H25N3O4. The van der Waals surface area contributed by atoms with Gasteiger partial charge in [0.1, 0.15) is 18.0 Å². The molecule has 3 rings (SSSR count). The smallest absolute Gasteiger partial charge is 0.410 e. The van der Waals surface area contributed by atoms with Gasteiger partial charge in [-0.2, -0.15) is 0 Å². The number of ether oxygens (including phenoxy) is 2. The number of aromatic nitrogens is 2. The molecule has 2 aromatic rings. The maximum atomic E-state index is 12.4. The standard InChI is InChI=1S/C21H25N3O4/c1-21(2,3)28-20(26)24-10-9-18(25)16(13-24)17-11-23-19(12-22-17)27-14-15-7-5-4-6-8-15/h4-8,11-12,16H,9-10,13-14H2,1-3H3. The van der Waals surface area contributed by atoms with Gasteiger partial charge in [-0.25, -0.2) is 9.78 Å². The fourth-order valence-corrected chi connectivity index (χ4v) is 2.90. The first-order valence-corrected chi connectivity index (χ1v) is 9.31. The highest BCUT2D eigenvalue weighted by molar-refractivity contribution is 5.87. The van der Waals surface area contributed by atoms with Crippen LogP contribution in [-0.2, 0) is 16.1 Å². The molecule has 0 aliphatic carbocycles. The molecule has 0 N–H and O–H groups in total. The normalized spacial score (nSPS) is 17.3. The van der Waals surface area contributed by atoms with Gasteiger partial charge in [-0.15, -0.1) is 0 Å². The Morgan fingerprint density at radius 2 is 1.93 bits per heavy atom. The molecule has 28 heavy (non-hydrogen) atoms. The summed E-state index contributed by atoms with van der Waals surface area (Å²) in [5.74, 6) is -0.0659. The van der Waals surface area contributed by atoms with Crippen molar-refractivity contribution in [2.75, 3.05) is 13.1 Å². The van der Waals surface area contributed by atoms with Crippen LogP contribution in [0.3, 0.4) is 0 Å². The average molecular weight is 383 g/mol. The Hall–Kier alpha value is -2.96. The van der Waals surface area contributed by atoms with Crippen LogP contribution in [0, 0.1) is 0 Å². The maximum Gasteiger partial charge on any atom is 0.410 e. The summed E-state index contributed by atoms with van der Waals surface area (Å²) in [6.45, 7) is 6.44. The molecule has 7 heteroatoms. The van der Waals surface area contributed by atoms with E-state index in [9.17, 15) is 9.59 Å². The van der Waals surface area contributed by atoms with Crippen LogP contribution in [0.5, 0.6) is 5.88 Å². The van der Waals surface area contributed by atoms with Crippen molar-refractivity contribution in [3.8, 4) is 5.88 Å². The van der Waals surface area contributed by atoms with Crippen LogP contribution in [0.15, 0.2) is 42.7 Å². The first-order valence-electron chi connectivity index (χ1n) is 9.31. The number of hydrogen-bond acceptors (Lipinski definition) is 6. The quantitative estimate of drug-likeness (QED) is 0.805. The van der Waals surface area contributed by atoms with Gasteiger partial charge in [0.25, 0.3) is 0 Å². The van der Waals surface area contributed by atoms with Crippen molar-refractivity contribution in [2.45, 2.75) is 45.3 Å². The minimum atomic E-state index is -0.578. The Labute approximate surface area is 164 Å². The Morgan fingerprint density at radius 3 is 2.57 bits per heavy atom. The van der Waals surface area contributed by atoms with Crippen LogP contribution in [0.25, 0.3) is 0 Å². The lowest BCUT2D eigenvalue weighted by Crippen LogP contribution is -2.45. The number of nitrogens with zero attached hydrogens (tertiary/aromatic N) is 3. The van der Waals surface area contributed by atoms with Crippen LogP contribution < -0.4 is 4.74 Å². The highest BCUT2D eigenvalue weighted by Crippen LogP contribution is 2.24. The van der Waals surface area contributed by atoms with E-state index in [1.807, 2.05) is 51.1 Å². The summed E-state index contributed by atoms with van der Waals surface area (Å²) in [4.78, 5) is 34.8. The Balaban J connectivity index is 1.63. The number of carbonyl (C=O) groups is 2. The van der Waals surface area contributed by atoms with E-state index in [2.05, 4.69) is 9.97 Å². The van der Waals surface area contributed by atoms with Gasteiger partial charge in [0.2, 0.25) is 5.88 Å². The number of amides is 1. The minimum absolute atomic E-state index is 0.0482. The summed E-state index contributed by atoms with van der Waals surface area (Å²) in [5, 5.41) is 0. The van der Waals surface area contributed by atoms with E-state index in [1.165, 1.54) is 6.20 Å². The van der Waals surface area contributed by atoms with Gasteiger partial charge in [0, 0.05) is 19.5 Å².